The number of hydrogen-bond donors (Lipinski definition) is 3. The highest BCUT2D eigenvalue weighted by Crippen LogP contribution is 2.25. The van der Waals surface area contributed by atoms with Gasteiger partial charge in [-0.1, -0.05) is 19.1 Å². The maximum Gasteiger partial charge on any atom is 0.261 e. The van der Waals surface area contributed by atoms with Gasteiger partial charge in [-0.2, -0.15) is 0 Å². The summed E-state index contributed by atoms with van der Waals surface area (Å²) in [4.78, 5) is 12.5. The lowest BCUT2D eigenvalue weighted by Crippen LogP contribution is -2.34. The van der Waals surface area contributed by atoms with E-state index >= 15 is 0 Å². The molecule has 0 fully saturated rings. The van der Waals surface area contributed by atoms with E-state index in [4.69, 9.17) is 21.7 Å². The Morgan fingerprint density at radius 2 is 1.73 bits per heavy atom. The Kier molecular flexibility index (Phi) is 7.72. The summed E-state index contributed by atoms with van der Waals surface area (Å²) in [6.45, 7) is 1.92. The smallest absolute Gasteiger partial charge is 0.261 e. The lowest BCUT2D eigenvalue weighted by Gasteiger charge is -2.22. The molecule has 1 amide bonds. The minimum Gasteiger partial charge on any atom is -0.501 e. The zero-order valence-corrected chi connectivity index (χ0v) is 20.0. The number of thiocarbonyl (C=S) groups is 1. The molecule has 174 valence electrons. The maximum atomic E-state index is 12.8. The van der Waals surface area contributed by atoms with Crippen molar-refractivity contribution in [1.82, 2.24) is 10.0 Å². The topological polar surface area (TPSA) is 106 Å². The van der Waals surface area contributed by atoms with Crippen LogP contribution in [0.3, 0.4) is 0 Å². The van der Waals surface area contributed by atoms with Crippen molar-refractivity contribution in [2.75, 3.05) is 19.5 Å². The van der Waals surface area contributed by atoms with E-state index in [2.05, 4.69) is 15.4 Å². The van der Waals surface area contributed by atoms with E-state index in [9.17, 15) is 13.2 Å². The van der Waals surface area contributed by atoms with E-state index in [-0.39, 0.29) is 15.9 Å². The molecule has 33 heavy (non-hydrogen) atoms. The molecule has 2 aromatic rings. The van der Waals surface area contributed by atoms with Gasteiger partial charge in [-0.05, 0) is 60.8 Å². The molecule has 0 aliphatic heterocycles. The van der Waals surface area contributed by atoms with E-state index in [0.717, 1.165) is 5.76 Å². The van der Waals surface area contributed by atoms with Crippen molar-refractivity contribution in [2.24, 2.45) is 5.92 Å². The lowest BCUT2D eigenvalue weighted by atomic mass is 9.98. The summed E-state index contributed by atoms with van der Waals surface area (Å²) in [6.07, 6.45) is 4.08. The van der Waals surface area contributed by atoms with Crippen LogP contribution >= 0.6 is 12.2 Å². The van der Waals surface area contributed by atoms with Crippen molar-refractivity contribution in [3.8, 4) is 5.75 Å². The number of methoxy groups -OCH3 is 2. The van der Waals surface area contributed by atoms with E-state index < -0.39 is 15.9 Å². The predicted octanol–water partition coefficient (Wildman–Crippen LogP) is 3.55. The molecule has 3 N–H and O–H groups in total. The lowest BCUT2D eigenvalue weighted by molar-refractivity contribution is 0.0974. The second kappa shape index (κ2) is 10.5. The van der Waals surface area contributed by atoms with E-state index in [0.29, 0.717) is 29.1 Å². The Balaban J connectivity index is 1.64. The maximum absolute atomic E-state index is 12.8. The van der Waals surface area contributed by atoms with Gasteiger partial charge in [-0.3, -0.25) is 14.8 Å². The second-order valence-corrected chi connectivity index (χ2v) is 9.39. The van der Waals surface area contributed by atoms with Crippen LogP contribution in [0.15, 0.2) is 77.0 Å². The Hall–Kier alpha value is -3.37. The Morgan fingerprint density at radius 3 is 2.36 bits per heavy atom. The monoisotopic (exact) mass is 487 g/mol. The van der Waals surface area contributed by atoms with Gasteiger partial charge in [0, 0.05) is 23.7 Å². The summed E-state index contributed by atoms with van der Waals surface area (Å²) >= 11 is 5.20. The number of nitrogens with one attached hydrogen (secondary N) is 3. The average Bonchev–Trinajstić information content (AvgIpc) is 2.80. The molecule has 3 rings (SSSR count). The standard InChI is InChI=1S/C23H25N3O5S2/c1-15-14-17(30-2)10-13-20(15)26-33(28,29)18-11-8-16(9-12-18)24-23(32)25-22(27)19-6-4-5-7-21(19)31-3/h4-13,15,26H,14H2,1-3H3,(H2,24,25,27,32). The molecule has 2 aromatic carbocycles. The Bertz CT molecular complexity index is 1200. The summed E-state index contributed by atoms with van der Waals surface area (Å²) in [5.41, 5.74) is 1.46. The van der Waals surface area contributed by atoms with Crippen LogP contribution in [-0.4, -0.2) is 33.7 Å². The van der Waals surface area contributed by atoms with E-state index in [1.54, 1.807) is 55.7 Å². The van der Waals surface area contributed by atoms with Crippen molar-refractivity contribution >= 4 is 38.9 Å². The Labute approximate surface area is 198 Å². The molecule has 10 heteroatoms. The van der Waals surface area contributed by atoms with Crippen LogP contribution in [0.5, 0.6) is 5.75 Å². The van der Waals surface area contributed by atoms with Gasteiger partial charge < -0.3 is 14.8 Å². The van der Waals surface area contributed by atoms with Crippen LogP contribution in [0.25, 0.3) is 0 Å². The number of carbonyl (C=O) groups excluding carboxylic acids is 1. The van der Waals surface area contributed by atoms with Gasteiger partial charge in [0.25, 0.3) is 15.9 Å². The number of para-hydroxylation sites is 1. The number of allylic oxidation sites excluding steroid dienone is 4. The first-order valence-corrected chi connectivity index (χ1v) is 12.0. The van der Waals surface area contributed by atoms with Gasteiger partial charge in [0.15, 0.2) is 5.11 Å². The molecule has 0 aromatic heterocycles. The van der Waals surface area contributed by atoms with Gasteiger partial charge in [-0.25, -0.2) is 8.42 Å². The molecule has 1 aliphatic rings. The first kappa shape index (κ1) is 24.3. The van der Waals surface area contributed by atoms with Crippen molar-refractivity contribution in [3.05, 3.63) is 77.7 Å². The van der Waals surface area contributed by atoms with Gasteiger partial charge in [0.2, 0.25) is 0 Å². The van der Waals surface area contributed by atoms with Crippen LogP contribution < -0.4 is 20.1 Å². The number of carbonyl (C=O) groups is 1. The Morgan fingerprint density at radius 1 is 1.03 bits per heavy atom. The molecule has 0 bridgehead atoms. The third-order valence-electron chi connectivity index (χ3n) is 5.00. The highest BCUT2D eigenvalue weighted by atomic mass is 32.2. The van der Waals surface area contributed by atoms with Crippen LogP contribution in [0.2, 0.25) is 0 Å². The molecule has 8 nitrogen and oxygen atoms in total. The molecular weight excluding hydrogens is 462 g/mol. The van der Waals surface area contributed by atoms with Gasteiger partial charge in [0.05, 0.1) is 30.4 Å². The fourth-order valence-electron chi connectivity index (χ4n) is 3.21. The van der Waals surface area contributed by atoms with Gasteiger partial charge in [-0.15, -0.1) is 0 Å². The largest absolute Gasteiger partial charge is 0.501 e. The normalized spacial score (nSPS) is 15.5. The molecule has 0 saturated carbocycles. The number of hydrogen-bond acceptors (Lipinski definition) is 6. The second-order valence-electron chi connectivity index (χ2n) is 7.30. The number of anilines is 1. The van der Waals surface area contributed by atoms with Crippen molar-refractivity contribution < 1.29 is 22.7 Å². The van der Waals surface area contributed by atoms with Crippen LogP contribution in [0.1, 0.15) is 23.7 Å². The zero-order chi connectivity index (χ0) is 24.0. The molecule has 1 aliphatic carbocycles. The van der Waals surface area contributed by atoms with Gasteiger partial charge >= 0.3 is 0 Å². The fraction of sp³-hybridized carbons (Fsp3) is 0.217. The molecule has 1 unspecified atom stereocenters. The molecule has 0 spiro atoms. The quantitative estimate of drug-likeness (QED) is 0.513. The molecule has 0 heterocycles. The zero-order valence-electron chi connectivity index (χ0n) is 18.4. The fourth-order valence-corrected chi connectivity index (χ4v) is 4.61. The van der Waals surface area contributed by atoms with E-state index in [1.807, 2.05) is 6.92 Å². The molecule has 0 radical (unpaired) electrons. The number of ether oxygens (including phenoxy) is 2. The summed E-state index contributed by atoms with van der Waals surface area (Å²) in [5, 5.41) is 5.52. The van der Waals surface area contributed by atoms with Crippen molar-refractivity contribution in [1.29, 1.82) is 0 Å². The number of sulfonamides is 1. The van der Waals surface area contributed by atoms with Crippen molar-refractivity contribution in [2.45, 2.75) is 18.2 Å². The van der Waals surface area contributed by atoms with Crippen LogP contribution in [0, 0.1) is 5.92 Å². The summed E-state index contributed by atoms with van der Waals surface area (Å²) < 4.78 is 38.6. The predicted molar refractivity (Wildman–Crippen MR) is 130 cm³/mol. The highest BCUT2D eigenvalue weighted by molar-refractivity contribution is 7.89. The SMILES string of the molecule is COC1=CC=C(NS(=O)(=O)c2ccc(NC(=S)NC(=O)c3ccccc3OC)cc2)C(C)C1. The van der Waals surface area contributed by atoms with E-state index in [1.165, 1.54) is 19.2 Å². The highest BCUT2D eigenvalue weighted by Gasteiger charge is 2.22. The molecule has 1 atom stereocenters. The molecule has 0 saturated heterocycles. The average molecular weight is 488 g/mol. The summed E-state index contributed by atoms with van der Waals surface area (Å²) in [5.74, 6) is 0.782. The summed E-state index contributed by atoms with van der Waals surface area (Å²) in [7, 11) is -0.689. The first-order chi connectivity index (χ1) is 15.7. The molecular formula is C23H25N3O5S2. The number of benzene rings is 2. The number of rotatable bonds is 7. The number of amides is 1. The minimum absolute atomic E-state index is 0.0233. The van der Waals surface area contributed by atoms with Crippen molar-refractivity contribution in [3.63, 3.8) is 0 Å². The van der Waals surface area contributed by atoms with Crippen LogP contribution in [0.4, 0.5) is 5.69 Å². The van der Waals surface area contributed by atoms with Crippen LogP contribution in [-0.2, 0) is 14.8 Å². The minimum atomic E-state index is -3.76. The third-order valence-corrected chi connectivity index (χ3v) is 6.60. The summed E-state index contributed by atoms with van der Waals surface area (Å²) in [6, 6.07) is 12.8. The first-order valence-electron chi connectivity index (χ1n) is 10.1. The van der Waals surface area contributed by atoms with Gasteiger partial charge in [0.1, 0.15) is 5.75 Å². The third kappa shape index (κ3) is 6.11.